The Balaban J connectivity index is 0.000000128. The first kappa shape index (κ1) is 93.7. The number of hydrogen-bond acceptors (Lipinski definition) is 0. The van der Waals surface area contributed by atoms with E-state index in [-0.39, 0.29) is 0 Å². The second kappa shape index (κ2) is 44.9. The molecule has 6 heteroatoms. The van der Waals surface area contributed by atoms with E-state index >= 15 is 0 Å². The van der Waals surface area contributed by atoms with Crippen molar-refractivity contribution in [1.82, 2.24) is 0 Å². The van der Waals surface area contributed by atoms with Crippen LogP contribution in [0.15, 0.2) is 268 Å². The molecule has 0 saturated heterocycles. The molecule has 3 saturated carbocycles. The van der Waals surface area contributed by atoms with E-state index in [2.05, 4.69) is 398 Å². The van der Waals surface area contributed by atoms with Gasteiger partial charge in [0.15, 0.2) is 37.2 Å². The van der Waals surface area contributed by atoms with Crippen molar-refractivity contribution < 1.29 is 37.0 Å². The highest BCUT2D eigenvalue weighted by Crippen LogP contribution is 2.43. The van der Waals surface area contributed by atoms with Crippen molar-refractivity contribution in [2.75, 3.05) is 0 Å². The molecule has 3 fully saturated rings. The minimum Gasteiger partial charge on any atom is -0.200 e. The van der Waals surface area contributed by atoms with Gasteiger partial charge < -0.3 is 0 Å². The van der Waals surface area contributed by atoms with Crippen LogP contribution in [0.5, 0.6) is 0 Å². The Labute approximate surface area is 867 Å². The molecule has 18 aromatic rings. The number of nitrogens with zero attached hydrogens (tertiary/aromatic N) is 6. The molecule has 3 aliphatic rings. The van der Waals surface area contributed by atoms with Crippen LogP contribution in [-0.4, -0.2) is 0 Å². The van der Waals surface area contributed by atoms with Crippen LogP contribution in [0.3, 0.4) is 0 Å². The van der Waals surface area contributed by atoms with Crippen LogP contribution in [0.2, 0.25) is 0 Å². The molecule has 0 N–H and O–H groups in total. The zero-order chi connectivity index (χ0) is 108. The van der Waals surface area contributed by atoms with Crippen molar-refractivity contribution >= 4 is 64.6 Å². The van der Waals surface area contributed by atoms with E-state index in [4.69, 9.17) is 9.60 Å². The molecule has 3 aliphatic carbocycles. The Kier molecular flexibility index (Phi) is 29.5. The van der Waals surface area contributed by atoms with Crippen LogP contribution in [0.1, 0.15) is 274 Å². The monoisotopic (exact) mass is 1900 g/mol. The molecule has 1 atom stereocenters. The van der Waals surface area contributed by atoms with Crippen molar-refractivity contribution in [2.24, 2.45) is 48.2 Å². The maximum Gasteiger partial charge on any atom is 0.220 e. The van der Waals surface area contributed by atoms with Gasteiger partial charge in [0, 0.05) is 51.6 Å². The quantitative estimate of drug-likeness (QED) is 0.0969. The van der Waals surface area contributed by atoms with Crippen LogP contribution in [0, 0.1) is 117 Å². The van der Waals surface area contributed by atoms with Crippen molar-refractivity contribution in [3.63, 3.8) is 0 Å². The third-order valence-electron chi connectivity index (χ3n) is 31.8. The van der Waals surface area contributed by atoms with Gasteiger partial charge in [0.2, 0.25) is 34.2 Å². The summed E-state index contributed by atoms with van der Waals surface area (Å²) in [6.45, 7) is 36.1. The van der Waals surface area contributed by atoms with Gasteiger partial charge in [0.1, 0.15) is 42.3 Å². The smallest absolute Gasteiger partial charge is 0.200 e. The molecule has 732 valence electrons. The number of benzene rings is 12. The first-order chi connectivity index (χ1) is 71.3. The summed E-state index contributed by atoms with van der Waals surface area (Å²) < 4.78 is 68.6. The second-order valence-electron chi connectivity index (χ2n) is 43.0. The van der Waals surface area contributed by atoms with Gasteiger partial charge in [-0.05, 0) is 378 Å². The van der Waals surface area contributed by atoms with E-state index < -0.39 is 19.6 Å². The minimum absolute atomic E-state index is 0.446. The molecule has 0 spiro atoms. The fourth-order valence-electron chi connectivity index (χ4n) is 23.2. The maximum absolute atomic E-state index is 8.38. The fraction of sp³-hybridized carbons (Fsp3) is 0.343. The lowest BCUT2D eigenvalue weighted by atomic mass is 9.92. The van der Waals surface area contributed by atoms with E-state index in [9.17, 15) is 0 Å². The summed E-state index contributed by atoms with van der Waals surface area (Å²) in [6, 6.07) is 84.4. The van der Waals surface area contributed by atoms with Crippen molar-refractivity contribution in [2.45, 2.75) is 265 Å². The molecule has 143 heavy (non-hydrogen) atoms. The van der Waals surface area contributed by atoms with Gasteiger partial charge >= 0.3 is 0 Å². The maximum atomic E-state index is 8.38. The standard InChI is InChI=1S/C25H30N.2C24H28N.2C22H26N.C20H22N/c1-17-13-18(2)19(3)24(14-17)25-23-10-9-21(15-20-7-5-6-8-20)16-22(23)11-12-26(25)4;2*1-16-13-17(2)18(3)23(14-16)24-22-10-9-20(19-7-5-6-8-19)15-21(22)11-12-25(24)4;2*1-14(2)18-7-8-20-19(13-18)9-10-23(6)22(20)21-12-15(3)11-16(4)17(21)5;1-4-7-16-10-11-19-17(14-16)12-13-21(3)20(19)18-9-6-5-8-15(18)2/h9-14,16,20H,5-8,15H2,1-4H3;2*9-15,19H,5-8H2,1-4H3;2*7-14H,1-6H3;5-6,8-14H,4,7H2,1-3H3/q6*+1/i;2D3;;1D3,14D;;. The molecule has 0 aliphatic heterocycles. The Hall–Kier alpha value is -12.9. The molecule has 12 aromatic carbocycles. The lowest BCUT2D eigenvalue weighted by Crippen LogP contribution is -2.30. The highest BCUT2D eigenvalue weighted by molar-refractivity contribution is 6.00. The van der Waals surface area contributed by atoms with Gasteiger partial charge in [0.05, 0.1) is 60.1 Å². The summed E-state index contributed by atoms with van der Waals surface area (Å²) in [5.74, 6) is 1.26. The van der Waals surface area contributed by atoms with E-state index in [1.807, 2.05) is 52.3 Å². The predicted octanol–water partition coefficient (Wildman–Crippen LogP) is 33.2. The van der Waals surface area contributed by atoms with Gasteiger partial charge in [-0.3, -0.25) is 0 Å². The topological polar surface area (TPSA) is 23.3 Å². The number of rotatable bonds is 14. The molecule has 6 nitrogen and oxygen atoms in total. The molecule has 6 heterocycles. The predicted molar refractivity (Wildman–Crippen MR) is 609 cm³/mol. The van der Waals surface area contributed by atoms with Gasteiger partial charge in [-0.25, -0.2) is 27.4 Å². The van der Waals surface area contributed by atoms with Gasteiger partial charge in [-0.2, -0.15) is 0 Å². The number of hydrogen-bond donors (Lipinski definition) is 0. The van der Waals surface area contributed by atoms with E-state index in [1.54, 1.807) is 12.1 Å². The summed E-state index contributed by atoms with van der Waals surface area (Å²) in [6.07, 6.45) is 32.8. The SMILES string of the molecule is CCCc1ccc2c(-c3ccccc3C)[n+](C)ccc2c1.Cc1cc(C)c(C)c(-c2c3ccc(C(C)C)cc3cc[n+]2C)c1.Cc1cc(C)c(C)c(-c2c3ccc(C4CCCC4)cc3cc[n+]2C)c1.Cc1cc(C)c(C)c(-c2c3ccc(CC4CCCC4)cc3cc[n+]2C)c1.[2H]C([2H])([2H])C([2H])(C)c1ccc2c(-c3cc(C)cc(C)c3C)[n+](C)ccc2c1.[2H]C([2H])([2H])c1cc(C)cc(-c2c3ccc(C4CCCC4)cc3cc[n+]2C)c1C. The number of aromatic nitrogens is 6. The normalized spacial score (nSPS) is 14.7. The molecule has 0 bridgehead atoms. The number of pyridine rings is 6. The first-order valence-electron chi connectivity index (χ1n) is 56.4. The molecule has 6 aromatic heterocycles. The summed E-state index contributed by atoms with van der Waals surface area (Å²) in [5, 5.41) is 15.2. The molecular formula is C137H160N6+6. The van der Waals surface area contributed by atoms with Crippen LogP contribution < -0.4 is 27.4 Å². The van der Waals surface area contributed by atoms with Gasteiger partial charge in [0.25, 0.3) is 0 Å². The van der Waals surface area contributed by atoms with Crippen LogP contribution >= 0.6 is 0 Å². The van der Waals surface area contributed by atoms with Crippen molar-refractivity contribution in [1.29, 1.82) is 0 Å². The number of aryl methyl sites for hydroxylation is 18. The zero-order valence-electron chi connectivity index (χ0n) is 97.5. The molecule has 1 unspecified atom stereocenters. The largest absolute Gasteiger partial charge is 0.220 e. The van der Waals surface area contributed by atoms with E-state index in [0.717, 1.165) is 57.1 Å². The zero-order valence-corrected chi connectivity index (χ0v) is 90.5. The summed E-state index contributed by atoms with van der Waals surface area (Å²) in [4.78, 5) is 0. The number of fused-ring (bicyclic) bond motifs is 6. The molecular weight excluding hydrogens is 1730 g/mol. The third kappa shape index (κ3) is 22.9. The van der Waals surface area contributed by atoms with Crippen LogP contribution in [-0.2, 0) is 55.1 Å². The highest BCUT2D eigenvalue weighted by atomic mass is 14.9. The molecule has 21 rings (SSSR count). The van der Waals surface area contributed by atoms with Crippen molar-refractivity contribution in [3.05, 3.63) is 390 Å². The Morgan fingerprint density at radius 3 is 0.930 bits per heavy atom. The highest BCUT2D eigenvalue weighted by Gasteiger charge is 2.29. The molecule has 0 radical (unpaired) electrons. The summed E-state index contributed by atoms with van der Waals surface area (Å²) >= 11 is 0. The van der Waals surface area contributed by atoms with Crippen LogP contribution in [0.4, 0.5) is 0 Å². The lowest BCUT2D eigenvalue weighted by Gasteiger charge is -2.14. The summed E-state index contributed by atoms with van der Waals surface area (Å²) in [7, 11) is 12.7. The van der Waals surface area contributed by atoms with E-state index in [1.165, 1.54) is 301 Å². The van der Waals surface area contributed by atoms with Gasteiger partial charge in [-0.1, -0.05) is 241 Å². The first-order valence-corrected chi connectivity index (χ1v) is 52.9. The van der Waals surface area contributed by atoms with Crippen LogP contribution in [0.25, 0.3) is 132 Å². The Bertz CT molecular complexity index is 8110. The van der Waals surface area contributed by atoms with Crippen molar-refractivity contribution in [3.8, 4) is 67.5 Å². The van der Waals surface area contributed by atoms with E-state index in [0.29, 0.717) is 23.0 Å². The Morgan fingerprint density at radius 2 is 0.580 bits per heavy atom. The lowest BCUT2D eigenvalue weighted by molar-refractivity contribution is -0.659. The fourth-order valence-corrected chi connectivity index (χ4v) is 23.2. The Morgan fingerprint density at radius 1 is 0.287 bits per heavy atom. The average Bonchev–Trinajstić information content (AvgIpc) is 0.781. The van der Waals surface area contributed by atoms with Gasteiger partial charge in [-0.15, -0.1) is 0 Å². The summed E-state index contributed by atoms with van der Waals surface area (Å²) in [5.41, 5.74) is 42.3. The third-order valence-corrected chi connectivity index (χ3v) is 31.8. The minimum atomic E-state index is -2.38. The average molecular weight is 1900 g/mol. The molecule has 0 amide bonds. The second-order valence-corrected chi connectivity index (χ2v) is 43.0.